The van der Waals surface area contributed by atoms with E-state index in [9.17, 15) is 9.18 Å². The third-order valence-electron chi connectivity index (χ3n) is 4.41. The molecule has 2 N–H and O–H groups in total. The molecule has 1 amide bonds. The summed E-state index contributed by atoms with van der Waals surface area (Å²) in [5, 5.41) is 4.48. The monoisotopic (exact) mass is 350 g/mol. The molecule has 1 saturated heterocycles. The number of rotatable bonds is 3. The number of hydrogen-bond donors (Lipinski definition) is 1. The van der Waals surface area contributed by atoms with Gasteiger partial charge in [-0.2, -0.15) is 5.10 Å². The Bertz CT molecular complexity index is 761. The van der Waals surface area contributed by atoms with E-state index >= 15 is 0 Å². The first kappa shape index (κ1) is 16.9. The third kappa shape index (κ3) is 2.91. The van der Waals surface area contributed by atoms with Gasteiger partial charge in [0.25, 0.3) is 5.91 Å². The topological polar surface area (TPSA) is 64.2 Å². The summed E-state index contributed by atoms with van der Waals surface area (Å²) in [5.74, 6) is -0.742. The van der Waals surface area contributed by atoms with Gasteiger partial charge in [-0.25, -0.2) is 4.39 Å². The average Bonchev–Trinajstić information content (AvgIpc) is 3.10. The quantitative estimate of drug-likeness (QED) is 0.925. The molecule has 24 heavy (non-hydrogen) atoms. The first-order valence-corrected chi connectivity index (χ1v) is 8.30. The van der Waals surface area contributed by atoms with Crippen molar-refractivity contribution in [2.24, 2.45) is 5.73 Å². The van der Waals surface area contributed by atoms with Gasteiger partial charge in [0.15, 0.2) is 0 Å². The first-order chi connectivity index (χ1) is 11.4. The maximum absolute atomic E-state index is 14.0. The van der Waals surface area contributed by atoms with Gasteiger partial charge in [-0.05, 0) is 25.5 Å². The van der Waals surface area contributed by atoms with Crippen LogP contribution in [0.5, 0.6) is 0 Å². The second-order valence-electron chi connectivity index (χ2n) is 6.39. The lowest BCUT2D eigenvalue weighted by atomic mass is 9.94. The number of benzene rings is 1. The molecule has 1 aliphatic heterocycles. The van der Waals surface area contributed by atoms with Crippen LogP contribution in [-0.4, -0.2) is 39.7 Å². The van der Waals surface area contributed by atoms with Crippen LogP contribution >= 0.6 is 11.6 Å². The summed E-state index contributed by atoms with van der Waals surface area (Å²) in [5.41, 5.74) is 7.06. The second-order valence-corrected chi connectivity index (χ2v) is 6.75. The fraction of sp³-hybridized carbons (Fsp3) is 0.412. The van der Waals surface area contributed by atoms with Gasteiger partial charge in [0.05, 0.1) is 11.8 Å². The summed E-state index contributed by atoms with van der Waals surface area (Å²) in [6, 6.07) is 6.30. The Morgan fingerprint density at radius 2 is 2.08 bits per heavy atom. The largest absolute Gasteiger partial charge is 0.336 e. The van der Waals surface area contributed by atoms with Gasteiger partial charge in [-0.1, -0.05) is 29.8 Å². The molecule has 2 atom stereocenters. The molecule has 3 rings (SSSR count). The highest BCUT2D eigenvalue weighted by molar-refractivity contribution is 6.32. The minimum Gasteiger partial charge on any atom is -0.336 e. The molecule has 1 aliphatic rings. The minimum absolute atomic E-state index is 0.0612. The standard InChI is InChI=1S/C17H20ClFN4O/c1-10(2)23-16(18)12(7-21-23)17(24)22-8-13(15(20)9-22)11-5-3-4-6-14(11)19/h3-7,10,13,15H,8-9,20H2,1-2H3/t13-,15+/m0/s1. The van der Waals surface area contributed by atoms with Crippen molar-refractivity contribution in [3.05, 3.63) is 52.6 Å². The molecule has 128 valence electrons. The predicted molar refractivity (Wildman–Crippen MR) is 90.6 cm³/mol. The molecule has 1 fully saturated rings. The number of likely N-dealkylation sites (tertiary alicyclic amines) is 1. The van der Waals surface area contributed by atoms with Crippen LogP contribution in [-0.2, 0) is 0 Å². The van der Waals surface area contributed by atoms with Gasteiger partial charge in [0, 0.05) is 31.1 Å². The van der Waals surface area contributed by atoms with Crippen LogP contribution in [0.15, 0.2) is 30.5 Å². The highest BCUT2D eigenvalue weighted by Gasteiger charge is 2.36. The van der Waals surface area contributed by atoms with Gasteiger partial charge >= 0.3 is 0 Å². The van der Waals surface area contributed by atoms with Gasteiger partial charge in [-0.3, -0.25) is 9.48 Å². The van der Waals surface area contributed by atoms with Crippen LogP contribution in [0.25, 0.3) is 0 Å². The summed E-state index contributed by atoms with van der Waals surface area (Å²) < 4.78 is 15.6. The van der Waals surface area contributed by atoms with E-state index in [1.807, 2.05) is 13.8 Å². The maximum Gasteiger partial charge on any atom is 0.258 e. The van der Waals surface area contributed by atoms with Crippen LogP contribution in [0.2, 0.25) is 5.15 Å². The fourth-order valence-electron chi connectivity index (χ4n) is 3.12. The molecule has 1 aromatic carbocycles. The Balaban J connectivity index is 1.82. The van der Waals surface area contributed by atoms with E-state index in [0.29, 0.717) is 29.4 Å². The smallest absolute Gasteiger partial charge is 0.258 e. The number of aromatic nitrogens is 2. The molecule has 5 nitrogen and oxygen atoms in total. The molecule has 0 spiro atoms. The molecule has 0 aliphatic carbocycles. The van der Waals surface area contributed by atoms with Crippen molar-refractivity contribution in [3.63, 3.8) is 0 Å². The van der Waals surface area contributed by atoms with E-state index in [4.69, 9.17) is 17.3 Å². The average molecular weight is 351 g/mol. The lowest BCUT2D eigenvalue weighted by molar-refractivity contribution is 0.0789. The number of amides is 1. The van der Waals surface area contributed by atoms with E-state index in [-0.39, 0.29) is 29.7 Å². The van der Waals surface area contributed by atoms with Gasteiger partial charge in [0.1, 0.15) is 11.0 Å². The molecule has 2 heterocycles. The number of halogens is 2. The summed E-state index contributed by atoms with van der Waals surface area (Å²) in [6.07, 6.45) is 1.48. The van der Waals surface area contributed by atoms with Crippen LogP contribution < -0.4 is 5.73 Å². The number of nitrogens with zero attached hydrogens (tertiary/aromatic N) is 3. The van der Waals surface area contributed by atoms with Crippen molar-refractivity contribution in [1.29, 1.82) is 0 Å². The predicted octanol–water partition coefficient (Wildman–Crippen LogP) is 2.82. The molecule has 1 aromatic heterocycles. The number of carbonyl (C=O) groups excluding carboxylic acids is 1. The molecule has 0 bridgehead atoms. The Morgan fingerprint density at radius 1 is 1.38 bits per heavy atom. The fourth-order valence-corrected chi connectivity index (χ4v) is 3.49. The van der Waals surface area contributed by atoms with Gasteiger partial charge in [-0.15, -0.1) is 0 Å². The Labute approximate surface area is 145 Å². The van der Waals surface area contributed by atoms with Crippen LogP contribution in [0, 0.1) is 5.82 Å². The Morgan fingerprint density at radius 3 is 2.71 bits per heavy atom. The second kappa shape index (κ2) is 6.53. The summed E-state index contributed by atoms with van der Waals surface area (Å²) in [4.78, 5) is 14.4. The highest BCUT2D eigenvalue weighted by atomic mass is 35.5. The Hall–Kier alpha value is -1.92. The van der Waals surface area contributed by atoms with Crippen molar-refractivity contribution < 1.29 is 9.18 Å². The van der Waals surface area contributed by atoms with Crippen molar-refractivity contribution >= 4 is 17.5 Å². The lowest BCUT2D eigenvalue weighted by Gasteiger charge is -2.16. The molecule has 0 unspecified atom stereocenters. The zero-order valence-corrected chi connectivity index (χ0v) is 14.4. The number of hydrogen-bond acceptors (Lipinski definition) is 3. The van der Waals surface area contributed by atoms with Gasteiger partial charge in [0.2, 0.25) is 0 Å². The lowest BCUT2D eigenvalue weighted by Crippen LogP contribution is -2.32. The van der Waals surface area contributed by atoms with Crippen molar-refractivity contribution in [1.82, 2.24) is 14.7 Å². The van der Waals surface area contributed by atoms with E-state index in [2.05, 4.69) is 5.10 Å². The maximum atomic E-state index is 14.0. The van der Waals surface area contributed by atoms with Crippen molar-refractivity contribution in [3.8, 4) is 0 Å². The number of carbonyl (C=O) groups is 1. The normalized spacial score (nSPS) is 20.8. The first-order valence-electron chi connectivity index (χ1n) is 7.92. The molecule has 0 radical (unpaired) electrons. The molecule has 2 aromatic rings. The van der Waals surface area contributed by atoms with Gasteiger partial charge < -0.3 is 10.6 Å². The van der Waals surface area contributed by atoms with Crippen molar-refractivity contribution in [2.75, 3.05) is 13.1 Å². The summed E-state index contributed by atoms with van der Waals surface area (Å²) in [6.45, 7) is 4.60. The SMILES string of the molecule is CC(C)n1ncc(C(=O)N2C[C@@H](N)[C@H](c3ccccc3F)C2)c1Cl. The Kier molecular flexibility index (Phi) is 4.60. The van der Waals surface area contributed by atoms with Crippen LogP contribution in [0.3, 0.4) is 0 Å². The van der Waals surface area contributed by atoms with Crippen LogP contribution in [0.1, 0.15) is 41.7 Å². The molecular formula is C17H20ClFN4O. The highest BCUT2D eigenvalue weighted by Crippen LogP contribution is 2.30. The van der Waals surface area contributed by atoms with Crippen molar-refractivity contribution in [2.45, 2.75) is 31.8 Å². The van der Waals surface area contributed by atoms with E-state index in [0.717, 1.165) is 0 Å². The number of nitrogens with two attached hydrogens (primary N) is 1. The molecule has 0 saturated carbocycles. The minimum atomic E-state index is -0.315. The van der Waals surface area contributed by atoms with E-state index < -0.39 is 0 Å². The van der Waals surface area contributed by atoms with E-state index in [1.54, 1.807) is 27.8 Å². The van der Waals surface area contributed by atoms with E-state index in [1.165, 1.54) is 12.3 Å². The summed E-state index contributed by atoms with van der Waals surface area (Å²) >= 11 is 6.27. The zero-order valence-electron chi connectivity index (χ0n) is 13.6. The zero-order chi connectivity index (χ0) is 17.4. The molecule has 7 heteroatoms. The summed E-state index contributed by atoms with van der Waals surface area (Å²) in [7, 11) is 0. The van der Waals surface area contributed by atoms with Crippen LogP contribution in [0.4, 0.5) is 4.39 Å². The third-order valence-corrected chi connectivity index (χ3v) is 4.79. The molecular weight excluding hydrogens is 331 g/mol.